The summed E-state index contributed by atoms with van der Waals surface area (Å²) in [5.41, 5.74) is 8.11. The SMILES string of the molecule is COC(=O)[C@H]1C[C@@H](COc2ccc(-c3ccc(C(=N)N)cc3)cc2)N(S(=O)(=O)c2ccccc2)C1C. The topological polar surface area (TPSA) is 123 Å². The molecule has 3 aromatic carbocycles. The van der Waals surface area contributed by atoms with E-state index in [1.54, 1.807) is 49.4 Å². The van der Waals surface area contributed by atoms with E-state index >= 15 is 0 Å². The van der Waals surface area contributed by atoms with Crippen molar-refractivity contribution in [2.24, 2.45) is 11.7 Å². The van der Waals surface area contributed by atoms with Crippen LogP contribution in [0.15, 0.2) is 83.8 Å². The Hall–Kier alpha value is -3.69. The average Bonchev–Trinajstić information content (AvgIpc) is 3.24. The summed E-state index contributed by atoms with van der Waals surface area (Å²) in [7, 11) is -2.54. The van der Waals surface area contributed by atoms with Crippen molar-refractivity contribution in [3.05, 3.63) is 84.4 Å². The highest BCUT2D eigenvalue weighted by atomic mass is 32.2. The van der Waals surface area contributed by atoms with E-state index in [9.17, 15) is 13.2 Å². The van der Waals surface area contributed by atoms with Gasteiger partial charge in [0.2, 0.25) is 10.0 Å². The molecule has 1 aliphatic rings. The number of sulfonamides is 1. The average molecular weight is 508 g/mol. The van der Waals surface area contributed by atoms with Gasteiger partial charge in [-0.1, -0.05) is 54.6 Å². The summed E-state index contributed by atoms with van der Waals surface area (Å²) in [5.74, 6) is -0.407. The van der Waals surface area contributed by atoms with Gasteiger partial charge in [-0.15, -0.1) is 0 Å². The highest BCUT2D eigenvalue weighted by Gasteiger charge is 2.49. The van der Waals surface area contributed by atoms with Crippen LogP contribution in [0.4, 0.5) is 0 Å². The third kappa shape index (κ3) is 5.12. The van der Waals surface area contributed by atoms with Crippen LogP contribution in [0.2, 0.25) is 0 Å². The predicted octanol–water partition coefficient (Wildman–Crippen LogP) is 3.66. The quantitative estimate of drug-likeness (QED) is 0.273. The van der Waals surface area contributed by atoms with Gasteiger partial charge in [-0.2, -0.15) is 4.31 Å². The van der Waals surface area contributed by atoms with Gasteiger partial charge in [-0.05, 0) is 48.7 Å². The number of amidine groups is 1. The maximum atomic E-state index is 13.5. The molecule has 9 heteroatoms. The van der Waals surface area contributed by atoms with Crippen LogP contribution in [-0.2, 0) is 19.6 Å². The first-order valence-corrected chi connectivity index (χ1v) is 13.0. The Morgan fingerprint density at radius 3 is 2.14 bits per heavy atom. The minimum atomic E-state index is -3.85. The number of hydrogen-bond donors (Lipinski definition) is 2. The van der Waals surface area contributed by atoms with Crippen molar-refractivity contribution in [3.63, 3.8) is 0 Å². The number of rotatable bonds is 8. The van der Waals surface area contributed by atoms with Crippen molar-refractivity contribution in [3.8, 4) is 16.9 Å². The van der Waals surface area contributed by atoms with E-state index in [2.05, 4.69) is 0 Å². The molecule has 1 unspecified atom stereocenters. The number of ether oxygens (including phenoxy) is 2. The fourth-order valence-electron chi connectivity index (χ4n) is 4.60. The summed E-state index contributed by atoms with van der Waals surface area (Å²) in [4.78, 5) is 12.6. The normalized spacial score (nSPS) is 20.1. The molecule has 0 bridgehead atoms. The maximum Gasteiger partial charge on any atom is 0.310 e. The van der Waals surface area contributed by atoms with Gasteiger partial charge in [0.05, 0.1) is 24.0 Å². The molecule has 188 valence electrons. The van der Waals surface area contributed by atoms with Crippen LogP contribution < -0.4 is 10.5 Å². The standard InChI is InChI=1S/C27H29N3O5S/c1-18-25(27(31)34-2)16-22(30(18)36(32,33)24-6-4-3-5-7-24)17-35-23-14-12-20(13-15-23)19-8-10-21(11-9-19)26(28)29/h3-15,18,22,25H,16-17H2,1-2H3,(H3,28,29)/t18?,22-,25-/m0/s1. The molecule has 0 aliphatic carbocycles. The van der Waals surface area contributed by atoms with E-state index in [0.29, 0.717) is 17.7 Å². The molecule has 1 fully saturated rings. The Morgan fingerprint density at radius 2 is 1.58 bits per heavy atom. The molecule has 0 spiro atoms. The molecule has 36 heavy (non-hydrogen) atoms. The molecule has 4 rings (SSSR count). The van der Waals surface area contributed by atoms with Crippen molar-refractivity contribution in [2.45, 2.75) is 30.3 Å². The fraction of sp³-hybridized carbons (Fsp3) is 0.259. The number of carbonyl (C=O) groups is 1. The number of carbonyl (C=O) groups excluding carboxylic acids is 1. The zero-order chi connectivity index (χ0) is 25.9. The number of benzene rings is 3. The maximum absolute atomic E-state index is 13.5. The Morgan fingerprint density at radius 1 is 1.00 bits per heavy atom. The lowest BCUT2D eigenvalue weighted by Gasteiger charge is -2.28. The fourth-order valence-corrected chi connectivity index (χ4v) is 6.47. The molecule has 1 aliphatic heterocycles. The third-order valence-corrected chi connectivity index (χ3v) is 8.57. The predicted molar refractivity (Wildman–Crippen MR) is 137 cm³/mol. The molecule has 3 atom stereocenters. The zero-order valence-electron chi connectivity index (χ0n) is 20.1. The summed E-state index contributed by atoms with van der Waals surface area (Å²) in [6.07, 6.45) is 0.306. The first-order valence-electron chi connectivity index (χ1n) is 11.6. The Balaban J connectivity index is 1.52. The van der Waals surface area contributed by atoms with Crippen LogP contribution in [0, 0.1) is 11.3 Å². The van der Waals surface area contributed by atoms with Crippen molar-refractivity contribution in [1.82, 2.24) is 4.31 Å². The number of nitrogens with one attached hydrogen (secondary N) is 1. The second-order valence-corrected chi connectivity index (χ2v) is 10.6. The van der Waals surface area contributed by atoms with E-state index in [1.165, 1.54) is 11.4 Å². The lowest BCUT2D eigenvalue weighted by molar-refractivity contribution is -0.145. The third-order valence-electron chi connectivity index (χ3n) is 6.52. The summed E-state index contributed by atoms with van der Waals surface area (Å²) >= 11 is 0. The molecule has 0 amide bonds. The summed E-state index contributed by atoms with van der Waals surface area (Å²) < 4.78 is 39.3. The summed E-state index contributed by atoms with van der Waals surface area (Å²) in [5, 5.41) is 7.51. The number of nitrogens with zero attached hydrogens (tertiary/aromatic N) is 1. The van der Waals surface area contributed by atoms with Crippen LogP contribution in [-0.4, -0.2) is 50.3 Å². The molecule has 3 N–H and O–H groups in total. The van der Waals surface area contributed by atoms with Crippen molar-refractivity contribution >= 4 is 21.8 Å². The molecular formula is C27H29N3O5S. The molecule has 0 aromatic heterocycles. The van der Waals surface area contributed by atoms with Crippen LogP contribution in [0.5, 0.6) is 5.75 Å². The second kappa shape index (κ2) is 10.5. The van der Waals surface area contributed by atoms with Crippen LogP contribution in [0.3, 0.4) is 0 Å². The molecule has 0 radical (unpaired) electrons. The van der Waals surface area contributed by atoms with Crippen LogP contribution in [0.25, 0.3) is 11.1 Å². The van der Waals surface area contributed by atoms with Crippen LogP contribution in [0.1, 0.15) is 18.9 Å². The van der Waals surface area contributed by atoms with Crippen molar-refractivity contribution < 1.29 is 22.7 Å². The minimum Gasteiger partial charge on any atom is -0.492 e. The molecule has 1 saturated heterocycles. The van der Waals surface area contributed by atoms with Crippen molar-refractivity contribution in [1.29, 1.82) is 5.41 Å². The van der Waals surface area contributed by atoms with Gasteiger partial charge >= 0.3 is 5.97 Å². The Labute approximate surface area is 211 Å². The van der Waals surface area contributed by atoms with E-state index in [0.717, 1.165) is 11.1 Å². The molecule has 8 nitrogen and oxygen atoms in total. The molecule has 0 saturated carbocycles. The number of hydrogen-bond acceptors (Lipinski definition) is 6. The second-order valence-electron chi connectivity index (χ2n) is 8.73. The highest BCUT2D eigenvalue weighted by molar-refractivity contribution is 7.89. The Bertz CT molecular complexity index is 1330. The first kappa shape index (κ1) is 25.4. The zero-order valence-corrected chi connectivity index (χ0v) is 20.9. The van der Waals surface area contributed by atoms with Gasteiger partial charge in [-0.3, -0.25) is 10.2 Å². The van der Waals surface area contributed by atoms with E-state index in [-0.39, 0.29) is 17.3 Å². The van der Waals surface area contributed by atoms with Gasteiger partial charge in [0.25, 0.3) is 0 Å². The summed E-state index contributed by atoms with van der Waals surface area (Å²) in [6, 6.07) is 21.9. The summed E-state index contributed by atoms with van der Waals surface area (Å²) in [6.45, 7) is 1.82. The largest absolute Gasteiger partial charge is 0.492 e. The highest BCUT2D eigenvalue weighted by Crippen LogP contribution is 2.36. The number of nitrogens with two attached hydrogens (primary N) is 1. The first-order chi connectivity index (χ1) is 17.2. The molecular weight excluding hydrogens is 478 g/mol. The van der Waals surface area contributed by atoms with Gasteiger partial charge in [0, 0.05) is 11.6 Å². The van der Waals surface area contributed by atoms with Gasteiger partial charge in [0.1, 0.15) is 18.2 Å². The van der Waals surface area contributed by atoms with E-state index in [4.69, 9.17) is 20.6 Å². The number of esters is 1. The molecule has 1 heterocycles. The van der Waals surface area contributed by atoms with Gasteiger partial charge < -0.3 is 15.2 Å². The van der Waals surface area contributed by atoms with E-state index < -0.39 is 34.0 Å². The van der Waals surface area contributed by atoms with Crippen molar-refractivity contribution in [2.75, 3.05) is 13.7 Å². The number of nitrogen functional groups attached to an aromatic ring is 1. The lowest BCUT2D eigenvalue weighted by Crippen LogP contribution is -2.43. The van der Waals surface area contributed by atoms with E-state index in [1.807, 2.05) is 36.4 Å². The van der Waals surface area contributed by atoms with Gasteiger partial charge in [0.15, 0.2) is 0 Å². The monoisotopic (exact) mass is 507 g/mol. The van der Waals surface area contributed by atoms with Crippen LogP contribution >= 0.6 is 0 Å². The minimum absolute atomic E-state index is 0.0179. The number of methoxy groups -OCH3 is 1. The molecule has 3 aromatic rings. The Kier molecular flexibility index (Phi) is 7.42. The lowest BCUT2D eigenvalue weighted by atomic mass is 10.0. The smallest absolute Gasteiger partial charge is 0.310 e. The van der Waals surface area contributed by atoms with Gasteiger partial charge in [-0.25, -0.2) is 8.42 Å².